The first-order valence-corrected chi connectivity index (χ1v) is 6.95. The molecule has 3 N–H and O–H groups in total. The van der Waals surface area contributed by atoms with Crippen molar-refractivity contribution in [2.75, 3.05) is 5.73 Å². The van der Waals surface area contributed by atoms with E-state index in [0.29, 0.717) is 16.9 Å². The minimum Gasteiger partial charge on any atom is -0.397 e. The van der Waals surface area contributed by atoms with Gasteiger partial charge >= 0.3 is 0 Å². The summed E-state index contributed by atoms with van der Waals surface area (Å²) in [6.45, 7) is 0. The number of aromatic nitrogens is 2. The molecule has 0 aliphatic rings. The summed E-state index contributed by atoms with van der Waals surface area (Å²) in [4.78, 5) is 8.64. The third-order valence-corrected chi connectivity index (χ3v) is 3.47. The second-order valence-corrected chi connectivity index (χ2v) is 4.93. The van der Waals surface area contributed by atoms with Gasteiger partial charge in [-0.05, 0) is 24.3 Å². The van der Waals surface area contributed by atoms with Gasteiger partial charge < -0.3 is 11.1 Å². The summed E-state index contributed by atoms with van der Waals surface area (Å²) < 4.78 is 0. The van der Waals surface area contributed by atoms with Crippen molar-refractivity contribution in [3.63, 3.8) is 0 Å². The Bertz CT molecular complexity index is 925. The Morgan fingerprint density at radius 3 is 2.70 bits per heavy atom. The van der Waals surface area contributed by atoms with Crippen molar-refractivity contribution in [2.24, 2.45) is 0 Å². The van der Waals surface area contributed by atoms with Crippen molar-refractivity contribution >= 4 is 11.9 Å². The zero-order valence-electron chi connectivity index (χ0n) is 12.2. The Labute approximate surface area is 133 Å². The van der Waals surface area contributed by atoms with E-state index in [1.54, 1.807) is 30.6 Å². The number of nitrogens with two attached hydrogens (primary N) is 1. The zero-order chi connectivity index (χ0) is 16.2. The van der Waals surface area contributed by atoms with Gasteiger partial charge in [-0.1, -0.05) is 18.2 Å². The number of hydrogen-bond acceptors (Lipinski definition) is 5. The minimum absolute atomic E-state index is 0.436. The Kier molecular flexibility index (Phi) is 3.81. The molecule has 5 heteroatoms. The van der Waals surface area contributed by atoms with Crippen molar-refractivity contribution in [3.05, 3.63) is 66.1 Å². The van der Waals surface area contributed by atoms with Crippen LogP contribution in [0.3, 0.4) is 0 Å². The van der Waals surface area contributed by atoms with E-state index in [0.717, 1.165) is 28.6 Å². The number of nitrogens with one attached hydrogen (secondary N) is 1. The molecule has 1 aromatic carbocycles. The first kappa shape index (κ1) is 14.4. The number of benzene rings is 1. The third-order valence-electron chi connectivity index (χ3n) is 3.47. The third kappa shape index (κ3) is 2.78. The van der Waals surface area contributed by atoms with Gasteiger partial charge in [0.05, 0.1) is 23.0 Å². The van der Waals surface area contributed by atoms with E-state index in [-0.39, 0.29) is 0 Å². The second kappa shape index (κ2) is 6.08. The van der Waals surface area contributed by atoms with Gasteiger partial charge in [0.1, 0.15) is 5.69 Å². The topological polar surface area (TPSA) is 99.4 Å². The molecular weight excluding hydrogens is 286 g/mol. The molecule has 0 unspecified atom stereocenters. The molecule has 0 radical (unpaired) electrons. The van der Waals surface area contributed by atoms with Crippen LogP contribution in [-0.2, 0) is 0 Å². The first-order valence-electron chi connectivity index (χ1n) is 6.95. The fourth-order valence-electron chi connectivity index (χ4n) is 2.36. The lowest BCUT2D eigenvalue weighted by molar-refractivity contribution is 1.28. The van der Waals surface area contributed by atoms with Crippen LogP contribution >= 0.6 is 0 Å². The fourth-order valence-corrected chi connectivity index (χ4v) is 2.36. The van der Waals surface area contributed by atoms with Crippen molar-refractivity contribution in [2.45, 2.75) is 0 Å². The molecule has 0 amide bonds. The molecule has 0 saturated heterocycles. The van der Waals surface area contributed by atoms with Crippen LogP contribution in [0.1, 0.15) is 11.3 Å². The van der Waals surface area contributed by atoms with Gasteiger partial charge in [0, 0.05) is 35.3 Å². The minimum atomic E-state index is 0.436. The van der Waals surface area contributed by atoms with E-state index < -0.39 is 0 Å². The average Bonchev–Trinajstić information content (AvgIpc) is 2.61. The number of pyridine rings is 2. The molecule has 110 valence electrons. The largest absolute Gasteiger partial charge is 0.397 e. The lowest BCUT2D eigenvalue weighted by Gasteiger charge is -2.10. The molecule has 2 aromatic heterocycles. The Morgan fingerprint density at radius 2 is 1.96 bits per heavy atom. The molecule has 0 aliphatic heterocycles. The molecule has 0 atom stereocenters. The molecule has 2 heterocycles. The summed E-state index contributed by atoms with van der Waals surface area (Å²) in [5.74, 6) is 0. The zero-order valence-corrected chi connectivity index (χ0v) is 12.2. The number of anilines is 1. The lowest BCUT2D eigenvalue weighted by Crippen LogP contribution is -1.98. The predicted octanol–water partition coefficient (Wildman–Crippen LogP) is 3.26. The summed E-state index contributed by atoms with van der Waals surface area (Å²) in [5.41, 5.74) is 10.7. The maximum atomic E-state index is 9.07. The van der Waals surface area contributed by atoms with E-state index >= 15 is 0 Å². The first-order chi connectivity index (χ1) is 11.2. The summed E-state index contributed by atoms with van der Waals surface area (Å²) in [5, 5.41) is 16.3. The SMILES string of the molecule is N#Cc1cccc(-c2ncccc2-c2cnc(C=N)c(N)c2)c1. The van der Waals surface area contributed by atoms with Gasteiger partial charge in [-0.2, -0.15) is 5.26 Å². The van der Waals surface area contributed by atoms with Gasteiger partial charge in [0.2, 0.25) is 0 Å². The van der Waals surface area contributed by atoms with Crippen LogP contribution in [0, 0.1) is 16.7 Å². The number of hydrogen-bond donors (Lipinski definition) is 2. The van der Waals surface area contributed by atoms with Crippen LogP contribution in [0.15, 0.2) is 54.9 Å². The van der Waals surface area contributed by atoms with Gasteiger partial charge in [-0.25, -0.2) is 0 Å². The Morgan fingerprint density at radius 1 is 1.09 bits per heavy atom. The van der Waals surface area contributed by atoms with Gasteiger partial charge in [-0.3, -0.25) is 9.97 Å². The fraction of sp³-hybridized carbons (Fsp3) is 0. The highest BCUT2D eigenvalue weighted by molar-refractivity contribution is 5.86. The lowest BCUT2D eigenvalue weighted by atomic mass is 9.99. The van der Waals surface area contributed by atoms with Crippen molar-refractivity contribution < 1.29 is 0 Å². The highest BCUT2D eigenvalue weighted by Crippen LogP contribution is 2.31. The highest BCUT2D eigenvalue weighted by atomic mass is 14.7. The Balaban J connectivity index is 2.16. The summed E-state index contributed by atoms with van der Waals surface area (Å²) in [6, 6.07) is 15.0. The van der Waals surface area contributed by atoms with Crippen molar-refractivity contribution in [1.29, 1.82) is 10.7 Å². The number of nitriles is 1. The maximum absolute atomic E-state index is 9.07. The van der Waals surface area contributed by atoms with E-state index in [9.17, 15) is 0 Å². The van der Waals surface area contributed by atoms with Crippen LogP contribution in [0.4, 0.5) is 5.69 Å². The molecule has 0 aliphatic carbocycles. The maximum Gasteiger partial charge on any atom is 0.103 e. The monoisotopic (exact) mass is 299 g/mol. The quantitative estimate of drug-likeness (QED) is 0.725. The Hall–Kier alpha value is -3.52. The molecule has 0 fully saturated rings. The van der Waals surface area contributed by atoms with E-state index in [4.69, 9.17) is 16.4 Å². The smallest absolute Gasteiger partial charge is 0.103 e. The van der Waals surface area contributed by atoms with Gasteiger partial charge in [0.25, 0.3) is 0 Å². The van der Waals surface area contributed by atoms with Crippen LogP contribution < -0.4 is 5.73 Å². The van der Waals surface area contributed by atoms with Crippen LogP contribution in [-0.4, -0.2) is 16.2 Å². The second-order valence-electron chi connectivity index (χ2n) is 4.93. The molecule has 23 heavy (non-hydrogen) atoms. The highest BCUT2D eigenvalue weighted by Gasteiger charge is 2.11. The number of rotatable bonds is 3. The van der Waals surface area contributed by atoms with Crippen molar-refractivity contribution in [3.8, 4) is 28.5 Å². The molecule has 3 aromatic rings. The van der Waals surface area contributed by atoms with Gasteiger partial charge in [0.15, 0.2) is 0 Å². The molecular formula is C18H13N5. The number of nitrogens with zero attached hydrogens (tertiary/aromatic N) is 3. The predicted molar refractivity (Wildman–Crippen MR) is 89.9 cm³/mol. The van der Waals surface area contributed by atoms with Crippen molar-refractivity contribution in [1.82, 2.24) is 9.97 Å². The average molecular weight is 299 g/mol. The van der Waals surface area contributed by atoms with Crippen LogP contribution in [0.25, 0.3) is 22.4 Å². The normalized spacial score (nSPS) is 10.0. The summed E-state index contributed by atoms with van der Waals surface area (Å²) >= 11 is 0. The molecule has 5 nitrogen and oxygen atoms in total. The van der Waals surface area contributed by atoms with E-state index in [2.05, 4.69) is 16.0 Å². The van der Waals surface area contributed by atoms with E-state index in [1.165, 1.54) is 0 Å². The molecule has 0 spiro atoms. The van der Waals surface area contributed by atoms with Gasteiger partial charge in [-0.15, -0.1) is 0 Å². The molecule has 0 bridgehead atoms. The standard InChI is InChI=1S/C18H13N5/c19-9-12-3-1-4-13(7-12)18-15(5-2-6-22-18)14-8-16(21)17(10-20)23-11-14/h1-8,10-11,20H,21H2. The van der Waals surface area contributed by atoms with E-state index in [1.807, 2.05) is 24.3 Å². The summed E-state index contributed by atoms with van der Waals surface area (Å²) in [6.07, 6.45) is 4.51. The van der Waals surface area contributed by atoms with Crippen LogP contribution in [0.5, 0.6) is 0 Å². The number of nitrogen functional groups attached to an aromatic ring is 1. The van der Waals surface area contributed by atoms with Crippen LogP contribution in [0.2, 0.25) is 0 Å². The molecule has 0 saturated carbocycles. The summed E-state index contributed by atoms with van der Waals surface area (Å²) in [7, 11) is 0. The molecule has 3 rings (SSSR count).